The molecule has 1 aromatic carbocycles. The highest BCUT2D eigenvalue weighted by atomic mass is 16.1. The van der Waals surface area contributed by atoms with Crippen LogP contribution in [-0.4, -0.2) is 41.9 Å². The molecule has 0 spiro atoms. The van der Waals surface area contributed by atoms with E-state index in [1.165, 1.54) is 0 Å². The molecule has 1 N–H and O–H groups in total. The molecule has 6 heteroatoms. The molecule has 1 aromatic heterocycles. The molecule has 0 unspecified atom stereocenters. The number of aromatic nitrogens is 2. The first kappa shape index (κ1) is 21.4. The van der Waals surface area contributed by atoms with Gasteiger partial charge in [0.1, 0.15) is 0 Å². The van der Waals surface area contributed by atoms with E-state index in [2.05, 4.69) is 19.8 Å². The molecule has 28 heavy (non-hydrogen) atoms. The summed E-state index contributed by atoms with van der Waals surface area (Å²) in [6, 6.07) is 7.71. The van der Waals surface area contributed by atoms with Crippen molar-refractivity contribution >= 4 is 23.5 Å². The zero-order valence-electron chi connectivity index (χ0n) is 17.5. The van der Waals surface area contributed by atoms with E-state index in [1.54, 1.807) is 13.8 Å². The lowest BCUT2D eigenvalue weighted by molar-refractivity contribution is 0.101. The molecule has 1 aliphatic rings. The van der Waals surface area contributed by atoms with Crippen LogP contribution < -0.4 is 15.4 Å². The molecule has 0 saturated carbocycles. The topological polar surface area (TPSA) is 69.3 Å². The second-order valence-corrected chi connectivity index (χ2v) is 6.48. The number of carbonyl (C=O) groups excluding carboxylic acids is 1. The largest absolute Gasteiger partial charge is 0.368 e. The Morgan fingerprint density at radius 3 is 2.18 bits per heavy atom. The van der Waals surface area contributed by atoms with Crippen molar-refractivity contribution in [3.8, 4) is 0 Å². The molecule has 0 radical (unpaired) electrons. The van der Waals surface area contributed by atoms with Gasteiger partial charge in [0.05, 0.1) is 5.69 Å². The lowest BCUT2D eigenvalue weighted by Gasteiger charge is -2.36. The van der Waals surface area contributed by atoms with E-state index in [4.69, 9.17) is 0 Å². The summed E-state index contributed by atoms with van der Waals surface area (Å²) in [5.41, 5.74) is 3.09. The molecule has 0 atom stereocenters. The van der Waals surface area contributed by atoms with Gasteiger partial charge in [0.25, 0.3) is 5.56 Å². The first-order valence-electron chi connectivity index (χ1n) is 9.84. The smallest absolute Gasteiger partial charge is 0.255 e. The van der Waals surface area contributed by atoms with Crippen LogP contribution in [-0.2, 0) is 0 Å². The number of hydrogen-bond donors (Lipinski definition) is 1. The maximum Gasteiger partial charge on any atom is 0.255 e. The number of ketones is 1. The predicted molar refractivity (Wildman–Crippen MR) is 117 cm³/mol. The highest BCUT2D eigenvalue weighted by Gasteiger charge is 2.20. The molecule has 1 aliphatic heterocycles. The van der Waals surface area contributed by atoms with Crippen molar-refractivity contribution in [2.24, 2.45) is 0 Å². The summed E-state index contributed by atoms with van der Waals surface area (Å²) in [5.74, 6) is 0.702. The third kappa shape index (κ3) is 4.88. The van der Waals surface area contributed by atoms with Gasteiger partial charge in [0.15, 0.2) is 5.78 Å². The molecule has 6 nitrogen and oxygen atoms in total. The molecular formula is C22H30N4O2. The van der Waals surface area contributed by atoms with E-state index in [1.807, 2.05) is 57.2 Å². The number of H-pyrrole nitrogens is 1. The number of rotatable bonds is 4. The zero-order chi connectivity index (χ0) is 20.7. The number of Topliss-reactive ketones (excluding diaryl/α,β-unsaturated/α-hetero) is 1. The third-order valence-electron chi connectivity index (χ3n) is 4.72. The van der Waals surface area contributed by atoms with Crippen LogP contribution in [0.3, 0.4) is 0 Å². The van der Waals surface area contributed by atoms with Crippen molar-refractivity contribution in [1.82, 2.24) is 9.97 Å². The summed E-state index contributed by atoms with van der Waals surface area (Å²) in [6.07, 6.45) is 3.75. The molecule has 0 amide bonds. The number of hydrogen-bond acceptors (Lipinski definition) is 5. The number of nitrogens with one attached hydrogen (secondary N) is 1. The van der Waals surface area contributed by atoms with Gasteiger partial charge in [-0.1, -0.05) is 19.9 Å². The fraction of sp³-hybridized carbons (Fsp3) is 0.409. The molecule has 0 bridgehead atoms. The minimum absolute atomic E-state index is 0.0766. The summed E-state index contributed by atoms with van der Waals surface area (Å²) < 4.78 is 0. The SMILES string of the molecule is C/C=C\c1nc(N2CCN(c3ccc(C(C)=O)cc3)CC2)[nH]c(=O)c1C.CC. The molecule has 0 aliphatic carbocycles. The molecule has 1 saturated heterocycles. The van der Waals surface area contributed by atoms with Crippen molar-refractivity contribution < 1.29 is 4.79 Å². The van der Waals surface area contributed by atoms with Crippen LogP contribution in [0.25, 0.3) is 6.08 Å². The number of allylic oxidation sites excluding steroid dienone is 1. The summed E-state index contributed by atoms with van der Waals surface area (Å²) in [4.78, 5) is 35.4. The van der Waals surface area contributed by atoms with Crippen molar-refractivity contribution in [3.05, 3.63) is 57.5 Å². The zero-order valence-corrected chi connectivity index (χ0v) is 17.5. The van der Waals surface area contributed by atoms with Crippen molar-refractivity contribution in [2.45, 2.75) is 34.6 Å². The fourth-order valence-electron chi connectivity index (χ4n) is 3.09. The fourth-order valence-corrected chi connectivity index (χ4v) is 3.09. The molecule has 3 rings (SSSR count). The summed E-state index contributed by atoms with van der Waals surface area (Å²) in [6.45, 7) is 12.5. The predicted octanol–water partition coefficient (Wildman–Crippen LogP) is 3.67. The first-order valence-corrected chi connectivity index (χ1v) is 9.84. The number of piperazine rings is 1. The van der Waals surface area contributed by atoms with Gasteiger partial charge in [-0.3, -0.25) is 14.6 Å². The van der Waals surface area contributed by atoms with Crippen LogP contribution in [0.15, 0.2) is 35.1 Å². The highest BCUT2D eigenvalue weighted by Crippen LogP contribution is 2.19. The van der Waals surface area contributed by atoms with Gasteiger partial charge in [0, 0.05) is 43.0 Å². The number of aromatic amines is 1. The van der Waals surface area contributed by atoms with Crippen LogP contribution >= 0.6 is 0 Å². The van der Waals surface area contributed by atoms with E-state index in [9.17, 15) is 9.59 Å². The Bertz CT molecular complexity index is 876. The maximum absolute atomic E-state index is 12.2. The monoisotopic (exact) mass is 382 g/mol. The Labute approximate surface area is 166 Å². The number of anilines is 2. The quantitative estimate of drug-likeness (QED) is 0.817. The van der Waals surface area contributed by atoms with Crippen molar-refractivity contribution in [2.75, 3.05) is 36.0 Å². The minimum Gasteiger partial charge on any atom is -0.368 e. The van der Waals surface area contributed by atoms with Gasteiger partial charge in [-0.25, -0.2) is 4.98 Å². The summed E-state index contributed by atoms with van der Waals surface area (Å²) >= 11 is 0. The van der Waals surface area contributed by atoms with E-state index in [-0.39, 0.29) is 11.3 Å². The second kappa shape index (κ2) is 9.88. The van der Waals surface area contributed by atoms with Gasteiger partial charge in [0.2, 0.25) is 5.95 Å². The summed E-state index contributed by atoms with van der Waals surface area (Å²) in [7, 11) is 0. The minimum atomic E-state index is -0.0923. The van der Waals surface area contributed by atoms with Gasteiger partial charge in [-0.05, 0) is 51.1 Å². The Kier molecular flexibility index (Phi) is 7.55. The van der Waals surface area contributed by atoms with Gasteiger partial charge < -0.3 is 9.80 Å². The lowest BCUT2D eigenvalue weighted by Crippen LogP contribution is -2.47. The van der Waals surface area contributed by atoms with Gasteiger partial charge in [-0.2, -0.15) is 0 Å². The molecule has 150 valence electrons. The number of nitrogens with zero attached hydrogens (tertiary/aromatic N) is 3. The van der Waals surface area contributed by atoms with Crippen molar-refractivity contribution in [1.29, 1.82) is 0 Å². The van der Waals surface area contributed by atoms with Crippen LogP contribution in [0.1, 0.15) is 49.3 Å². The normalized spacial score (nSPS) is 14.0. The van der Waals surface area contributed by atoms with Crippen LogP contribution in [0, 0.1) is 6.92 Å². The number of carbonyl (C=O) groups is 1. The van der Waals surface area contributed by atoms with Gasteiger partial charge in [-0.15, -0.1) is 0 Å². The Hall–Kier alpha value is -2.89. The van der Waals surface area contributed by atoms with E-state index < -0.39 is 0 Å². The van der Waals surface area contributed by atoms with E-state index in [0.29, 0.717) is 17.2 Å². The van der Waals surface area contributed by atoms with Crippen LogP contribution in [0.2, 0.25) is 0 Å². The Morgan fingerprint density at radius 2 is 1.64 bits per heavy atom. The Balaban J connectivity index is 0.00000136. The standard InChI is InChI=1S/C20H24N4O2.C2H6/c1-4-5-18-14(2)19(26)22-20(21-18)24-12-10-23(11-13-24)17-8-6-16(7-9-17)15(3)25;1-2/h4-9H,10-13H2,1-3H3,(H,21,22,26);1-2H3/b5-4-;. The van der Waals surface area contributed by atoms with Gasteiger partial charge >= 0.3 is 0 Å². The molecule has 2 heterocycles. The second-order valence-electron chi connectivity index (χ2n) is 6.48. The van der Waals surface area contributed by atoms with E-state index in [0.717, 1.165) is 37.4 Å². The average molecular weight is 383 g/mol. The maximum atomic E-state index is 12.2. The summed E-state index contributed by atoms with van der Waals surface area (Å²) in [5, 5.41) is 0. The third-order valence-corrected chi connectivity index (χ3v) is 4.72. The van der Waals surface area contributed by atoms with Crippen LogP contribution in [0.5, 0.6) is 0 Å². The van der Waals surface area contributed by atoms with Crippen LogP contribution in [0.4, 0.5) is 11.6 Å². The van der Waals surface area contributed by atoms with E-state index >= 15 is 0 Å². The average Bonchev–Trinajstić information content (AvgIpc) is 2.73. The first-order chi connectivity index (χ1) is 13.5. The molecular weight excluding hydrogens is 352 g/mol. The molecule has 2 aromatic rings. The Morgan fingerprint density at radius 1 is 1.07 bits per heavy atom. The molecule has 1 fully saturated rings. The lowest BCUT2D eigenvalue weighted by atomic mass is 10.1. The van der Waals surface area contributed by atoms with Crippen molar-refractivity contribution in [3.63, 3.8) is 0 Å². The highest BCUT2D eigenvalue weighted by molar-refractivity contribution is 5.94. The number of benzene rings is 1.